The van der Waals surface area contributed by atoms with Gasteiger partial charge in [0, 0.05) is 12.2 Å². The van der Waals surface area contributed by atoms with E-state index >= 15 is 0 Å². The molecule has 2 N–H and O–H groups in total. The smallest absolute Gasteiger partial charge is 0.296 e. The van der Waals surface area contributed by atoms with Crippen molar-refractivity contribution in [1.29, 1.82) is 0 Å². The van der Waals surface area contributed by atoms with E-state index in [1.54, 1.807) is 18.5 Å². The van der Waals surface area contributed by atoms with Crippen molar-refractivity contribution in [1.82, 2.24) is 14.5 Å². The van der Waals surface area contributed by atoms with Crippen LogP contribution >= 0.6 is 0 Å². The summed E-state index contributed by atoms with van der Waals surface area (Å²) in [6.45, 7) is 5.69. The van der Waals surface area contributed by atoms with Crippen LogP contribution in [0.1, 0.15) is 41.5 Å². The number of hydrogen-bond donors (Lipinski definition) is 2. The summed E-state index contributed by atoms with van der Waals surface area (Å²) < 4.78 is 29.0. The number of sulfonamides is 1. The number of unbranched alkanes of at least 4 members (excludes halogenated alkanes) is 1. The Morgan fingerprint density at radius 1 is 1.03 bits per heavy atom. The molecule has 0 radical (unpaired) electrons. The summed E-state index contributed by atoms with van der Waals surface area (Å²) in [4.78, 5) is 25.6. The summed E-state index contributed by atoms with van der Waals surface area (Å²) >= 11 is 0. The molecule has 1 aromatic heterocycles. The monoisotopic (exact) mass is 454 g/mol. The highest BCUT2D eigenvalue weighted by Gasteiger charge is 2.25. The third-order valence-corrected chi connectivity index (χ3v) is 6.41. The number of carbonyl (C=O) groups is 2. The predicted molar refractivity (Wildman–Crippen MR) is 123 cm³/mol. The molecule has 0 unspecified atom stereocenters. The fraction of sp³-hybridized carbons (Fsp3) is 0.261. The Morgan fingerprint density at radius 3 is 2.44 bits per heavy atom. The Bertz CT molecular complexity index is 1230. The number of Topliss-reactive ketones (excluding diaryl/α,β-unsaturated/α-hetero) is 1. The number of ketones is 1. The highest BCUT2D eigenvalue weighted by Crippen LogP contribution is 2.20. The summed E-state index contributed by atoms with van der Waals surface area (Å²) in [7, 11) is -3.70. The maximum absolute atomic E-state index is 12.9. The first-order chi connectivity index (χ1) is 15.2. The van der Waals surface area contributed by atoms with E-state index in [1.165, 1.54) is 24.3 Å². The Morgan fingerprint density at radius 2 is 1.75 bits per heavy atom. The van der Waals surface area contributed by atoms with Gasteiger partial charge in [-0.05, 0) is 50.6 Å². The van der Waals surface area contributed by atoms with E-state index in [1.807, 2.05) is 37.3 Å². The first-order valence-corrected chi connectivity index (χ1v) is 11.8. The molecular formula is C23H26N4O4S. The minimum atomic E-state index is -3.70. The maximum Gasteiger partial charge on any atom is 0.296 e. The number of nitrogens with zero attached hydrogens (tertiary/aromatic N) is 2. The highest BCUT2D eigenvalue weighted by atomic mass is 32.2. The van der Waals surface area contributed by atoms with Crippen molar-refractivity contribution in [2.24, 2.45) is 0 Å². The fourth-order valence-corrected chi connectivity index (χ4v) is 4.42. The third-order valence-electron chi connectivity index (χ3n) is 4.95. The Kier molecular flexibility index (Phi) is 7.22. The zero-order valence-electron chi connectivity index (χ0n) is 18.3. The van der Waals surface area contributed by atoms with E-state index < -0.39 is 21.7 Å². The van der Waals surface area contributed by atoms with Gasteiger partial charge in [0.1, 0.15) is 0 Å². The first kappa shape index (κ1) is 23.4. The third kappa shape index (κ3) is 5.12. The van der Waals surface area contributed by atoms with Gasteiger partial charge in [0.2, 0.25) is 10.0 Å². The Hall–Kier alpha value is -3.30. The lowest BCUT2D eigenvalue weighted by Gasteiger charge is -2.09. The molecule has 0 saturated heterocycles. The number of rotatable bonds is 9. The molecule has 32 heavy (non-hydrogen) atoms. The average molecular weight is 455 g/mol. The summed E-state index contributed by atoms with van der Waals surface area (Å²) in [6, 6.07) is 15.1. The molecule has 0 fully saturated rings. The van der Waals surface area contributed by atoms with Crippen LogP contribution < -0.4 is 10.0 Å². The number of nitrogens with one attached hydrogen (secondary N) is 2. The van der Waals surface area contributed by atoms with E-state index in [0.29, 0.717) is 17.9 Å². The molecule has 0 saturated carbocycles. The molecule has 3 rings (SSSR count). The molecule has 0 bridgehead atoms. The number of carbonyl (C=O) groups excluding carboxylic acids is 2. The second kappa shape index (κ2) is 9.88. The van der Waals surface area contributed by atoms with E-state index in [2.05, 4.69) is 15.1 Å². The van der Waals surface area contributed by atoms with Crippen molar-refractivity contribution in [3.05, 3.63) is 71.5 Å². The summed E-state index contributed by atoms with van der Waals surface area (Å²) in [6.07, 6.45) is 1.58. The maximum atomic E-state index is 12.9. The van der Waals surface area contributed by atoms with Crippen molar-refractivity contribution in [2.75, 3.05) is 11.9 Å². The molecule has 0 aliphatic heterocycles. The van der Waals surface area contributed by atoms with Crippen LogP contribution in [-0.2, 0) is 14.8 Å². The number of para-hydroxylation sites is 1. The van der Waals surface area contributed by atoms with Crippen LogP contribution in [0.2, 0.25) is 0 Å². The van der Waals surface area contributed by atoms with E-state index in [0.717, 1.165) is 18.5 Å². The molecule has 1 amide bonds. The minimum absolute atomic E-state index is 0.0168. The number of benzene rings is 2. The lowest BCUT2D eigenvalue weighted by Crippen LogP contribution is -2.26. The molecule has 9 heteroatoms. The summed E-state index contributed by atoms with van der Waals surface area (Å²) in [5.41, 5.74) is 2.19. The molecule has 0 spiro atoms. The second-order valence-electron chi connectivity index (χ2n) is 7.36. The van der Waals surface area contributed by atoms with Gasteiger partial charge in [0.25, 0.3) is 11.7 Å². The van der Waals surface area contributed by atoms with E-state index in [-0.39, 0.29) is 16.1 Å². The zero-order valence-corrected chi connectivity index (χ0v) is 19.1. The summed E-state index contributed by atoms with van der Waals surface area (Å²) in [5.74, 6) is -1.60. The molecule has 0 aliphatic rings. The van der Waals surface area contributed by atoms with Crippen LogP contribution in [0.15, 0.2) is 59.5 Å². The van der Waals surface area contributed by atoms with Crippen LogP contribution in [0.4, 0.5) is 5.69 Å². The van der Waals surface area contributed by atoms with Gasteiger partial charge >= 0.3 is 0 Å². The van der Waals surface area contributed by atoms with Crippen LogP contribution in [-0.4, -0.2) is 36.4 Å². The number of aromatic nitrogens is 2. The van der Waals surface area contributed by atoms with Crippen molar-refractivity contribution in [3.63, 3.8) is 0 Å². The molecular weight excluding hydrogens is 428 g/mol. The van der Waals surface area contributed by atoms with Crippen molar-refractivity contribution in [3.8, 4) is 5.69 Å². The zero-order chi connectivity index (χ0) is 23.3. The van der Waals surface area contributed by atoms with Crippen molar-refractivity contribution >= 4 is 27.4 Å². The first-order valence-electron chi connectivity index (χ1n) is 10.3. The van der Waals surface area contributed by atoms with Crippen LogP contribution in [0, 0.1) is 13.8 Å². The normalized spacial score (nSPS) is 11.3. The van der Waals surface area contributed by atoms with Gasteiger partial charge in [-0.3, -0.25) is 9.59 Å². The number of anilines is 1. The van der Waals surface area contributed by atoms with Gasteiger partial charge in [-0.25, -0.2) is 17.8 Å². The van der Waals surface area contributed by atoms with Crippen LogP contribution in [0.5, 0.6) is 0 Å². The highest BCUT2D eigenvalue weighted by molar-refractivity contribution is 7.89. The van der Waals surface area contributed by atoms with Gasteiger partial charge in [0.05, 0.1) is 27.5 Å². The van der Waals surface area contributed by atoms with Gasteiger partial charge in [-0.15, -0.1) is 0 Å². The minimum Gasteiger partial charge on any atom is -0.319 e. The number of hydrogen-bond acceptors (Lipinski definition) is 5. The number of aryl methyl sites for hydroxylation is 1. The second-order valence-corrected chi connectivity index (χ2v) is 9.12. The lowest BCUT2D eigenvalue weighted by molar-refractivity contribution is -0.112. The van der Waals surface area contributed by atoms with E-state index in [4.69, 9.17) is 0 Å². The molecule has 168 valence electrons. The molecule has 8 nitrogen and oxygen atoms in total. The van der Waals surface area contributed by atoms with Gasteiger partial charge in [-0.2, -0.15) is 5.10 Å². The van der Waals surface area contributed by atoms with Gasteiger partial charge in [0.15, 0.2) is 0 Å². The largest absolute Gasteiger partial charge is 0.319 e. The van der Waals surface area contributed by atoms with Crippen molar-refractivity contribution < 1.29 is 18.0 Å². The summed E-state index contributed by atoms with van der Waals surface area (Å²) in [5, 5.41) is 6.91. The molecule has 0 aliphatic carbocycles. The fourth-order valence-electron chi connectivity index (χ4n) is 3.30. The van der Waals surface area contributed by atoms with E-state index in [9.17, 15) is 18.0 Å². The van der Waals surface area contributed by atoms with Crippen molar-refractivity contribution in [2.45, 2.75) is 38.5 Å². The van der Waals surface area contributed by atoms with Crippen LogP contribution in [0.25, 0.3) is 5.69 Å². The standard InChI is InChI=1S/C23H26N4O4S/c1-4-5-14-24-32(30,31)20-13-9-10-18(15-20)25-23(29)22(28)21-16(2)26-27(17(21)3)19-11-7-6-8-12-19/h6-13,15,24H,4-5,14H2,1-3H3,(H,25,29). The topological polar surface area (TPSA) is 110 Å². The number of amides is 1. The molecule has 3 aromatic rings. The molecule has 2 aromatic carbocycles. The van der Waals surface area contributed by atoms with Gasteiger partial charge < -0.3 is 5.32 Å². The predicted octanol–water partition coefficient (Wildman–Crippen LogP) is 3.39. The van der Waals surface area contributed by atoms with Crippen LogP contribution in [0.3, 0.4) is 0 Å². The quantitative estimate of drug-likeness (QED) is 0.293. The lowest BCUT2D eigenvalue weighted by atomic mass is 10.1. The Labute approximate surface area is 187 Å². The van der Waals surface area contributed by atoms with Gasteiger partial charge in [-0.1, -0.05) is 37.6 Å². The molecule has 1 heterocycles. The Balaban J connectivity index is 1.80. The average Bonchev–Trinajstić information content (AvgIpc) is 3.08. The SMILES string of the molecule is CCCCNS(=O)(=O)c1cccc(NC(=O)C(=O)c2c(C)nn(-c3ccccc3)c2C)c1. The molecule has 0 atom stereocenters.